The molecule has 1 aliphatic rings. The van der Waals surface area contributed by atoms with Gasteiger partial charge >= 0.3 is 0 Å². The summed E-state index contributed by atoms with van der Waals surface area (Å²) < 4.78 is 3.16. The van der Waals surface area contributed by atoms with Gasteiger partial charge in [0.05, 0.1) is 10.7 Å². The Morgan fingerprint density at radius 2 is 2.11 bits per heavy atom. The van der Waals surface area contributed by atoms with Crippen LogP contribution in [0.5, 0.6) is 0 Å². The molecule has 1 aromatic heterocycles. The van der Waals surface area contributed by atoms with E-state index < -0.39 is 0 Å². The number of halogens is 2. The normalized spacial score (nSPS) is 15.9. The Morgan fingerprint density at radius 3 is 2.84 bits per heavy atom. The fourth-order valence-corrected chi connectivity index (χ4v) is 3.48. The quantitative estimate of drug-likeness (QED) is 0.787. The predicted molar refractivity (Wildman–Crippen MR) is 87.2 cm³/mol. The first kappa shape index (κ1) is 13.2. The van der Waals surface area contributed by atoms with E-state index in [1.807, 2.05) is 29.1 Å². The van der Waals surface area contributed by atoms with E-state index in [0.29, 0.717) is 6.04 Å². The molecule has 0 saturated heterocycles. The summed E-state index contributed by atoms with van der Waals surface area (Å²) in [6, 6.07) is 6.60. The van der Waals surface area contributed by atoms with Gasteiger partial charge in [-0.25, -0.2) is 4.98 Å². The molecule has 19 heavy (non-hydrogen) atoms. The van der Waals surface area contributed by atoms with Crippen molar-refractivity contribution in [3.05, 3.63) is 39.2 Å². The molecule has 1 heterocycles. The summed E-state index contributed by atoms with van der Waals surface area (Å²) in [5.41, 5.74) is 0.972. The van der Waals surface area contributed by atoms with Gasteiger partial charge in [-0.1, -0.05) is 24.4 Å². The maximum atomic E-state index is 6.33. The molecule has 1 N–H and O–H groups in total. The van der Waals surface area contributed by atoms with Gasteiger partial charge in [-0.3, -0.25) is 4.57 Å². The number of nitrogens with zero attached hydrogens (tertiary/aromatic N) is 2. The molecule has 0 aliphatic heterocycles. The Hall–Kier alpha value is -0.750. The average Bonchev–Trinajstić information content (AvgIpc) is 3.02. The molecule has 3 rings (SSSR count). The van der Waals surface area contributed by atoms with Gasteiger partial charge < -0.3 is 5.32 Å². The fourth-order valence-electron chi connectivity index (χ4n) is 2.53. The molecule has 3 nitrogen and oxygen atoms in total. The number of anilines is 1. The van der Waals surface area contributed by atoms with E-state index in [-0.39, 0.29) is 0 Å². The molecule has 100 valence electrons. The third-order valence-corrected chi connectivity index (χ3v) is 4.47. The van der Waals surface area contributed by atoms with Crippen molar-refractivity contribution in [2.24, 2.45) is 0 Å². The number of hydrogen-bond donors (Lipinski definition) is 1. The summed E-state index contributed by atoms with van der Waals surface area (Å²) >= 11 is 8.59. The molecule has 5 heteroatoms. The maximum absolute atomic E-state index is 6.33. The van der Waals surface area contributed by atoms with Crippen LogP contribution in [0.25, 0.3) is 5.69 Å². The van der Waals surface area contributed by atoms with Crippen LogP contribution < -0.4 is 5.32 Å². The van der Waals surface area contributed by atoms with Crippen molar-refractivity contribution in [2.75, 3.05) is 5.32 Å². The molecule has 1 fully saturated rings. The van der Waals surface area contributed by atoms with Crippen LogP contribution in [0.3, 0.4) is 0 Å². The highest BCUT2D eigenvalue weighted by Crippen LogP contribution is 2.27. The van der Waals surface area contributed by atoms with Crippen molar-refractivity contribution in [2.45, 2.75) is 31.7 Å². The highest BCUT2D eigenvalue weighted by Gasteiger charge is 2.17. The van der Waals surface area contributed by atoms with Crippen LogP contribution in [-0.2, 0) is 0 Å². The predicted octanol–water partition coefficient (Wildman–Crippen LogP) is 4.48. The zero-order valence-electron chi connectivity index (χ0n) is 10.4. The molecule has 1 aliphatic carbocycles. The topological polar surface area (TPSA) is 29.9 Å². The minimum atomic E-state index is 0.545. The Bertz CT molecular complexity index is 576. The molecule has 0 atom stereocenters. The Morgan fingerprint density at radius 1 is 1.32 bits per heavy atom. The van der Waals surface area contributed by atoms with E-state index in [9.17, 15) is 0 Å². The van der Waals surface area contributed by atoms with E-state index in [1.54, 1.807) is 0 Å². The number of nitrogens with one attached hydrogen (secondary N) is 1. The van der Waals surface area contributed by atoms with Crippen LogP contribution in [0.4, 0.5) is 5.95 Å². The summed E-state index contributed by atoms with van der Waals surface area (Å²) in [7, 11) is 0. The van der Waals surface area contributed by atoms with Crippen molar-refractivity contribution in [1.82, 2.24) is 9.55 Å². The molecule has 0 radical (unpaired) electrons. The summed E-state index contributed by atoms with van der Waals surface area (Å²) in [6.07, 6.45) is 8.84. The first-order valence-electron chi connectivity index (χ1n) is 6.49. The van der Waals surface area contributed by atoms with E-state index in [2.05, 4.69) is 39.0 Å². The SMILES string of the molecule is Clc1cc(I)ccc1-n1ccnc1NC1CCCC1. The van der Waals surface area contributed by atoms with Gasteiger partial charge in [0.25, 0.3) is 0 Å². The van der Waals surface area contributed by atoms with Crippen molar-refractivity contribution >= 4 is 40.1 Å². The summed E-state index contributed by atoms with van der Waals surface area (Å²) in [6.45, 7) is 0. The lowest BCUT2D eigenvalue weighted by Crippen LogP contribution is -2.17. The van der Waals surface area contributed by atoms with E-state index in [0.717, 1.165) is 20.2 Å². The smallest absolute Gasteiger partial charge is 0.207 e. The second kappa shape index (κ2) is 5.71. The first-order chi connectivity index (χ1) is 9.24. The molecule has 0 spiro atoms. The van der Waals surface area contributed by atoms with Crippen LogP contribution in [0.15, 0.2) is 30.6 Å². The van der Waals surface area contributed by atoms with Gasteiger partial charge in [0.1, 0.15) is 0 Å². The highest BCUT2D eigenvalue weighted by atomic mass is 127. The summed E-state index contributed by atoms with van der Waals surface area (Å²) in [5, 5.41) is 4.27. The van der Waals surface area contributed by atoms with Gasteiger partial charge in [-0.05, 0) is 53.6 Å². The third-order valence-electron chi connectivity index (χ3n) is 3.50. The van der Waals surface area contributed by atoms with Crippen LogP contribution >= 0.6 is 34.2 Å². The zero-order valence-corrected chi connectivity index (χ0v) is 13.4. The van der Waals surface area contributed by atoms with Crippen LogP contribution in [0, 0.1) is 3.57 Å². The lowest BCUT2D eigenvalue weighted by molar-refractivity contribution is 0.740. The number of benzene rings is 1. The summed E-state index contributed by atoms with van der Waals surface area (Å²) in [4.78, 5) is 4.41. The van der Waals surface area contributed by atoms with Crippen molar-refractivity contribution in [3.63, 3.8) is 0 Å². The van der Waals surface area contributed by atoms with Gasteiger partial charge in [0.15, 0.2) is 0 Å². The van der Waals surface area contributed by atoms with E-state index >= 15 is 0 Å². The lowest BCUT2D eigenvalue weighted by atomic mass is 10.2. The molecule has 0 unspecified atom stereocenters. The molecule has 2 aromatic rings. The van der Waals surface area contributed by atoms with Gasteiger partial charge in [0, 0.05) is 22.0 Å². The molecule has 0 amide bonds. The third kappa shape index (κ3) is 2.89. The minimum absolute atomic E-state index is 0.545. The minimum Gasteiger partial charge on any atom is -0.353 e. The number of rotatable bonds is 3. The van der Waals surface area contributed by atoms with Crippen LogP contribution in [0.1, 0.15) is 25.7 Å². The second-order valence-electron chi connectivity index (χ2n) is 4.84. The standard InChI is InChI=1S/C14H15ClIN3/c15-12-9-10(16)5-6-13(12)19-8-7-17-14(19)18-11-3-1-2-4-11/h5-9,11H,1-4H2,(H,17,18). The maximum Gasteiger partial charge on any atom is 0.207 e. The van der Waals surface area contributed by atoms with E-state index in [1.165, 1.54) is 25.7 Å². The Labute approximate surface area is 131 Å². The van der Waals surface area contributed by atoms with E-state index in [4.69, 9.17) is 11.6 Å². The fraction of sp³-hybridized carbons (Fsp3) is 0.357. The molecule has 1 saturated carbocycles. The lowest BCUT2D eigenvalue weighted by Gasteiger charge is -2.15. The van der Waals surface area contributed by atoms with Gasteiger partial charge in [0.2, 0.25) is 5.95 Å². The molecule has 0 bridgehead atoms. The number of hydrogen-bond acceptors (Lipinski definition) is 2. The Balaban J connectivity index is 1.90. The van der Waals surface area contributed by atoms with Gasteiger partial charge in [-0.2, -0.15) is 0 Å². The Kier molecular flexibility index (Phi) is 3.98. The van der Waals surface area contributed by atoms with Crippen molar-refractivity contribution < 1.29 is 0 Å². The highest BCUT2D eigenvalue weighted by molar-refractivity contribution is 14.1. The van der Waals surface area contributed by atoms with Crippen LogP contribution in [0.2, 0.25) is 5.02 Å². The average molecular weight is 388 g/mol. The van der Waals surface area contributed by atoms with Crippen LogP contribution in [-0.4, -0.2) is 15.6 Å². The second-order valence-corrected chi connectivity index (χ2v) is 6.50. The van der Waals surface area contributed by atoms with Gasteiger partial charge in [-0.15, -0.1) is 0 Å². The molecule has 1 aromatic carbocycles. The number of aromatic nitrogens is 2. The largest absolute Gasteiger partial charge is 0.353 e. The first-order valence-corrected chi connectivity index (χ1v) is 7.95. The molecular weight excluding hydrogens is 373 g/mol. The monoisotopic (exact) mass is 387 g/mol. The zero-order chi connectivity index (χ0) is 13.2. The number of imidazole rings is 1. The van der Waals surface area contributed by atoms with Crippen molar-refractivity contribution in [1.29, 1.82) is 0 Å². The summed E-state index contributed by atoms with van der Waals surface area (Å²) in [5.74, 6) is 0.884. The molecular formula is C14H15ClIN3. The van der Waals surface area contributed by atoms with Crippen molar-refractivity contribution in [3.8, 4) is 5.69 Å².